The number of unbranched alkanes of at least 4 members (excludes halogenated alkanes) is 5. The Bertz CT molecular complexity index is 1100. The summed E-state index contributed by atoms with van der Waals surface area (Å²) in [5.41, 5.74) is 3.06. The van der Waals surface area contributed by atoms with Crippen LogP contribution >= 0.6 is 11.8 Å². The summed E-state index contributed by atoms with van der Waals surface area (Å²) in [4.78, 5) is 22.7. The molecule has 0 aliphatic heterocycles. The van der Waals surface area contributed by atoms with Crippen LogP contribution in [-0.2, 0) is 29.0 Å². The fourth-order valence-corrected chi connectivity index (χ4v) is 5.15. The Morgan fingerprint density at radius 1 is 0.816 bits per heavy atom. The predicted molar refractivity (Wildman–Crippen MR) is 134 cm³/mol. The van der Waals surface area contributed by atoms with Gasteiger partial charge < -0.3 is 19.8 Å². The van der Waals surface area contributed by atoms with E-state index in [1.807, 2.05) is 30.3 Å². The first-order valence-corrected chi connectivity index (χ1v) is 13.4. The van der Waals surface area contributed by atoms with Crippen molar-refractivity contribution in [2.75, 3.05) is 0 Å². The molecule has 38 heavy (non-hydrogen) atoms. The van der Waals surface area contributed by atoms with Gasteiger partial charge in [-0.05, 0) is 65.6 Å². The zero-order chi connectivity index (χ0) is 25.6. The Morgan fingerprint density at radius 3 is 2.13 bits per heavy atom. The van der Waals surface area contributed by atoms with Gasteiger partial charge in [0.2, 0.25) is 5.16 Å². The minimum atomic E-state index is -1.21. The van der Waals surface area contributed by atoms with Gasteiger partial charge in [-0.1, -0.05) is 92.0 Å². The van der Waals surface area contributed by atoms with Crippen LogP contribution in [0.25, 0.3) is 0 Å². The van der Waals surface area contributed by atoms with Gasteiger partial charge in [-0.25, -0.2) is 4.68 Å². The number of rotatable bonds is 17. The summed E-state index contributed by atoms with van der Waals surface area (Å²) in [5.74, 6) is -2.36. The van der Waals surface area contributed by atoms with Crippen molar-refractivity contribution in [1.29, 1.82) is 0 Å². The number of carbonyl (C=O) groups is 2. The molecule has 0 aliphatic carbocycles. The monoisotopic (exact) mass is 586 g/mol. The van der Waals surface area contributed by atoms with E-state index in [2.05, 4.69) is 39.8 Å². The largest absolute Gasteiger partial charge is 1.00 e. The summed E-state index contributed by atoms with van der Waals surface area (Å²) in [6.45, 7) is 0.260. The molecule has 0 amide bonds. The second-order valence-electron chi connectivity index (χ2n) is 8.78. The normalized spacial score (nSPS) is 11.3. The third-order valence-electron chi connectivity index (χ3n) is 6.03. The number of aliphatic carboxylic acids is 2. The van der Waals surface area contributed by atoms with Crippen molar-refractivity contribution >= 4 is 23.7 Å². The molecule has 1 heterocycles. The molecule has 0 saturated heterocycles. The van der Waals surface area contributed by atoms with E-state index in [0.29, 0.717) is 17.1 Å². The van der Waals surface area contributed by atoms with Crippen molar-refractivity contribution in [1.82, 2.24) is 20.2 Å². The van der Waals surface area contributed by atoms with Crippen LogP contribution in [-0.4, -0.2) is 32.1 Å². The summed E-state index contributed by atoms with van der Waals surface area (Å²) < 4.78 is 1.42. The molecule has 3 aromatic rings. The summed E-state index contributed by atoms with van der Waals surface area (Å²) in [7, 11) is 0. The Labute approximate surface area is 314 Å². The molecule has 0 aliphatic rings. The van der Waals surface area contributed by atoms with Crippen LogP contribution in [0.3, 0.4) is 0 Å². The van der Waals surface area contributed by atoms with Gasteiger partial charge >= 0.3 is 103 Å². The maximum atomic E-state index is 12.1. The standard InChI is InChI=1S/C27H34N4O4S.2K/c32-24(33)19-12-20-31-27(28-29-30-31)36-25(26(34)35)23-18-11-10-17-22(23)16-9-4-2-1-3-6-13-21-14-7-5-8-15-21;;/h5,7-8,10-11,14-15,17-18,25H,1-4,6,9,12-13,16,19-20H2,(H,32,33)(H,34,35);;/q;2*+1/p-2. The predicted octanol–water partition coefficient (Wildman–Crippen LogP) is -3.08. The second kappa shape index (κ2) is 20.9. The zero-order valence-corrected chi connectivity index (χ0v) is 29.4. The van der Waals surface area contributed by atoms with E-state index < -0.39 is 17.2 Å². The molecule has 3 rings (SSSR count). The number of aromatic nitrogens is 4. The molecule has 0 spiro atoms. The van der Waals surface area contributed by atoms with Crippen molar-refractivity contribution in [3.63, 3.8) is 0 Å². The zero-order valence-electron chi connectivity index (χ0n) is 22.4. The smallest absolute Gasteiger partial charge is 0.550 e. The fraction of sp³-hybridized carbons (Fsp3) is 0.444. The average molecular weight is 587 g/mol. The SMILES string of the molecule is O=C([O-])CCCn1nnnc1SC(C(=O)[O-])c1ccccc1CCCCCCCCc1ccccc1.[K+].[K+]. The molecule has 2 aromatic carbocycles. The summed E-state index contributed by atoms with van der Waals surface area (Å²) in [5, 5.41) is 33.5. The van der Waals surface area contributed by atoms with E-state index in [0.717, 1.165) is 49.4 Å². The number of carbonyl (C=O) groups excluding carboxylic acids is 2. The number of aryl methyl sites for hydroxylation is 3. The van der Waals surface area contributed by atoms with E-state index in [9.17, 15) is 19.8 Å². The molecular formula is C27H32K2N4O4S. The maximum absolute atomic E-state index is 12.1. The minimum Gasteiger partial charge on any atom is -0.550 e. The molecule has 192 valence electrons. The summed E-state index contributed by atoms with van der Waals surface area (Å²) in [6.07, 6.45) is 8.95. The Kier molecular flexibility index (Phi) is 19.8. The van der Waals surface area contributed by atoms with Gasteiger partial charge in [-0.15, -0.1) is 5.10 Å². The van der Waals surface area contributed by atoms with E-state index in [1.165, 1.54) is 29.5 Å². The quantitative estimate of drug-likeness (QED) is 0.0927. The van der Waals surface area contributed by atoms with E-state index >= 15 is 0 Å². The number of thioether (sulfide) groups is 1. The van der Waals surface area contributed by atoms with Crippen LogP contribution in [0.15, 0.2) is 59.8 Å². The van der Waals surface area contributed by atoms with Gasteiger partial charge in [0, 0.05) is 12.5 Å². The molecule has 0 N–H and O–H groups in total. The van der Waals surface area contributed by atoms with Gasteiger partial charge in [0.05, 0.1) is 11.2 Å². The van der Waals surface area contributed by atoms with Gasteiger partial charge in [-0.3, -0.25) is 0 Å². The minimum absolute atomic E-state index is 0. The molecular weight excluding hydrogens is 555 g/mol. The molecule has 0 fully saturated rings. The first-order valence-electron chi connectivity index (χ1n) is 12.5. The molecule has 1 unspecified atom stereocenters. The van der Waals surface area contributed by atoms with Crippen LogP contribution in [0.1, 0.15) is 73.3 Å². The van der Waals surface area contributed by atoms with Crippen molar-refractivity contribution in [3.05, 3.63) is 71.3 Å². The molecule has 8 nitrogen and oxygen atoms in total. The Balaban J connectivity index is 0.00000361. The third-order valence-corrected chi connectivity index (χ3v) is 7.21. The van der Waals surface area contributed by atoms with Gasteiger partial charge in [0.15, 0.2) is 0 Å². The number of carboxylic acid groups (broad SMARTS) is 2. The van der Waals surface area contributed by atoms with Gasteiger partial charge in [0.25, 0.3) is 0 Å². The van der Waals surface area contributed by atoms with Crippen molar-refractivity contribution < 1.29 is 123 Å². The molecule has 1 atom stereocenters. The summed E-state index contributed by atoms with van der Waals surface area (Å²) >= 11 is 1.01. The van der Waals surface area contributed by atoms with Crippen molar-refractivity contribution in [2.24, 2.45) is 0 Å². The van der Waals surface area contributed by atoms with Crippen LogP contribution < -0.4 is 113 Å². The van der Waals surface area contributed by atoms with Crippen LogP contribution in [0.4, 0.5) is 0 Å². The fourth-order valence-electron chi connectivity index (χ4n) is 4.15. The van der Waals surface area contributed by atoms with Crippen LogP contribution in [0.5, 0.6) is 0 Å². The van der Waals surface area contributed by atoms with Crippen molar-refractivity contribution in [3.8, 4) is 0 Å². The number of benzene rings is 2. The number of hydrogen-bond acceptors (Lipinski definition) is 8. The Morgan fingerprint density at radius 2 is 1.45 bits per heavy atom. The van der Waals surface area contributed by atoms with E-state index in [1.54, 1.807) is 0 Å². The topological polar surface area (TPSA) is 124 Å². The molecule has 11 heteroatoms. The van der Waals surface area contributed by atoms with Gasteiger partial charge in [0.1, 0.15) is 0 Å². The van der Waals surface area contributed by atoms with Crippen molar-refractivity contribution in [2.45, 2.75) is 81.2 Å². The Hall–Kier alpha value is 0.0727. The molecule has 0 radical (unpaired) electrons. The number of nitrogens with zero attached hydrogens (tertiary/aromatic N) is 4. The number of tetrazole rings is 1. The van der Waals surface area contributed by atoms with Crippen LogP contribution in [0, 0.1) is 0 Å². The molecule has 1 aromatic heterocycles. The first kappa shape index (κ1) is 36.1. The van der Waals surface area contributed by atoms with Crippen LogP contribution in [0.2, 0.25) is 0 Å². The summed E-state index contributed by atoms with van der Waals surface area (Å²) in [6, 6.07) is 18.1. The number of hydrogen-bond donors (Lipinski definition) is 0. The average Bonchev–Trinajstić information content (AvgIpc) is 3.31. The molecule has 0 bridgehead atoms. The third kappa shape index (κ3) is 13.2. The first-order chi connectivity index (χ1) is 17.5. The number of carboxylic acids is 2. The van der Waals surface area contributed by atoms with Gasteiger partial charge in [-0.2, -0.15) is 0 Å². The maximum Gasteiger partial charge on any atom is 1.00 e. The second-order valence-corrected chi connectivity index (χ2v) is 9.86. The van der Waals surface area contributed by atoms with E-state index in [-0.39, 0.29) is 116 Å². The molecule has 0 saturated carbocycles. The van der Waals surface area contributed by atoms with E-state index in [4.69, 9.17) is 0 Å².